The second-order valence-corrected chi connectivity index (χ2v) is 7.09. The fourth-order valence-corrected chi connectivity index (χ4v) is 3.29. The van der Waals surface area contributed by atoms with Crippen LogP contribution < -0.4 is 10.6 Å². The summed E-state index contributed by atoms with van der Waals surface area (Å²) in [4.78, 5) is 25.4. The maximum absolute atomic E-state index is 12.7. The van der Waals surface area contributed by atoms with E-state index in [1.165, 1.54) is 6.33 Å². The number of nitrogens with zero attached hydrogens (tertiary/aromatic N) is 5. The molecule has 0 aliphatic carbocycles. The van der Waals surface area contributed by atoms with Gasteiger partial charge in [-0.2, -0.15) is 5.26 Å². The summed E-state index contributed by atoms with van der Waals surface area (Å²) in [6.07, 6.45) is 4.97. The molecule has 0 fully saturated rings. The maximum Gasteiger partial charge on any atom is 0.252 e. The van der Waals surface area contributed by atoms with Crippen LogP contribution in [0.15, 0.2) is 79.4 Å². The topological polar surface area (TPSA) is 109 Å². The van der Waals surface area contributed by atoms with Crippen LogP contribution in [-0.2, 0) is 13.6 Å². The number of aromatic nitrogens is 4. The Hall–Kier alpha value is -4.51. The number of carbonyl (C=O) groups excluding carboxylic acids is 1. The molecule has 0 aliphatic heterocycles. The van der Waals surface area contributed by atoms with Crippen LogP contribution in [0.5, 0.6) is 0 Å². The summed E-state index contributed by atoms with van der Waals surface area (Å²) in [5, 5.41) is 15.5. The van der Waals surface area contributed by atoms with Gasteiger partial charge in [0.05, 0.1) is 30.2 Å². The Kier molecular flexibility index (Phi) is 6.18. The van der Waals surface area contributed by atoms with Gasteiger partial charge in [0.25, 0.3) is 5.91 Å². The summed E-state index contributed by atoms with van der Waals surface area (Å²) in [5.74, 6) is 0.509. The summed E-state index contributed by atoms with van der Waals surface area (Å²) in [6, 6.07) is 19.6. The van der Waals surface area contributed by atoms with Crippen molar-refractivity contribution in [1.29, 1.82) is 5.26 Å². The quantitative estimate of drug-likeness (QED) is 0.471. The number of carbonyl (C=O) groups is 1. The molecule has 2 N–H and O–H groups in total. The van der Waals surface area contributed by atoms with Gasteiger partial charge in [-0.15, -0.1) is 0 Å². The highest BCUT2D eigenvalue weighted by atomic mass is 16.1. The molecule has 8 nitrogen and oxygen atoms in total. The zero-order valence-corrected chi connectivity index (χ0v) is 17.4. The monoisotopic (exact) mass is 423 g/mol. The molecule has 1 amide bonds. The lowest BCUT2D eigenvalue weighted by Crippen LogP contribution is -2.27. The first kappa shape index (κ1) is 20.8. The molecule has 2 aromatic heterocycles. The van der Waals surface area contributed by atoms with E-state index in [4.69, 9.17) is 0 Å². The van der Waals surface area contributed by atoms with Gasteiger partial charge in [0.15, 0.2) is 0 Å². The fourth-order valence-electron chi connectivity index (χ4n) is 3.29. The van der Waals surface area contributed by atoms with E-state index in [0.29, 0.717) is 12.1 Å². The van der Waals surface area contributed by atoms with Crippen molar-refractivity contribution in [1.82, 2.24) is 24.8 Å². The number of rotatable bonds is 7. The summed E-state index contributed by atoms with van der Waals surface area (Å²) in [6.45, 7) is 0.470. The minimum atomic E-state index is -0.715. The van der Waals surface area contributed by atoms with Gasteiger partial charge in [-0.25, -0.2) is 15.0 Å². The zero-order valence-electron chi connectivity index (χ0n) is 17.4. The molecule has 4 aromatic rings. The second kappa shape index (κ2) is 9.53. The largest absolute Gasteiger partial charge is 0.378 e. The Bertz CT molecular complexity index is 1250. The van der Waals surface area contributed by atoms with Crippen LogP contribution in [0.3, 0.4) is 0 Å². The van der Waals surface area contributed by atoms with Crippen molar-refractivity contribution in [2.75, 3.05) is 5.32 Å². The molecule has 4 rings (SSSR count). The first-order chi connectivity index (χ1) is 15.7. The van der Waals surface area contributed by atoms with Crippen LogP contribution in [0.1, 0.15) is 27.8 Å². The Labute approximate surface area is 185 Å². The summed E-state index contributed by atoms with van der Waals surface area (Å²) < 4.78 is 1.96. The van der Waals surface area contributed by atoms with E-state index in [2.05, 4.69) is 31.7 Å². The molecule has 2 heterocycles. The average molecular weight is 423 g/mol. The molecule has 8 heteroatoms. The highest BCUT2D eigenvalue weighted by Gasteiger charge is 2.15. The van der Waals surface area contributed by atoms with Crippen LogP contribution in [0.2, 0.25) is 0 Å². The molecule has 0 bridgehead atoms. The van der Waals surface area contributed by atoms with Crippen molar-refractivity contribution in [2.24, 2.45) is 7.05 Å². The molecule has 0 unspecified atom stereocenters. The van der Waals surface area contributed by atoms with E-state index in [1.54, 1.807) is 30.6 Å². The Morgan fingerprint density at radius 3 is 2.72 bits per heavy atom. The first-order valence-corrected chi connectivity index (χ1v) is 10.0. The Morgan fingerprint density at radius 2 is 1.97 bits per heavy atom. The lowest BCUT2D eigenvalue weighted by molar-refractivity contribution is 0.0945. The number of nitriles is 1. The predicted molar refractivity (Wildman–Crippen MR) is 120 cm³/mol. The number of imidazole rings is 1. The second-order valence-electron chi connectivity index (χ2n) is 7.09. The smallest absolute Gasteiger partial charge is 0.252 e. The van der Waals surface area contributed by atoms with Crippen molar-refractivity contribution < 1.29 is 4.79 Å². The number of hydrogen-bond donors (Lipinski definition) is 2. The highest BCUT2D eigenvalue weighted by molar-refractivity contribution is 5.95. The van der Waals surface area contributed by atoms with E-state index < -0.39 is 6.04 Å². The van der Waals surface area contributed by atoms with Gasteiger partial charge in [-0.1, -0.05) is 36.4 Å². The molecule has 0 saturated carbocycles. The molecule has 0 saturated heterocycles. The van der Waals surface area contributed by atoms with Crippen LogP contribution in [0.4, 0.5) is 5.69 Å². The maximum atomic E-state index is 12.7. The van der Waals surface area contributed by atoms with Crippen molar-refractivity contribution in [3.63, 3.8) is 0 Å². The normalized spacial score (nSPS) is 11.4. The molecule has 1 atom stereocenters. The van der Waals surface area contributed by atoms with E-state index in [-0.39, 0.29) is 5.91 Å². The van der Waals surface area contributed by atoms with E-state index in [0.717, 1.165) is 28.5 Å². The third kappa shape index (κ3) is 4.63. The average Bonchev–Trinajstić information content (AvgIpc) is 3.22. The number of hydrogen-bond acceptors (Lipinski definition) is 6. The minimum absolute atomic E-state index is 0.313. The fraction of sp³-hybridized carbons (Fsp3) is 0.125. The van der Waals surface area contributed by atoms with Gasteiger partial charge in [0.1, 0.15) is 18.2 Å². The minimum Gasteiger partial charge on any atom is -0.378 e. The van der Waals surface area contributed by atoms with Crippen molar-refractivity contribution in [3.05, 3.63) is 96.3 Å². The summed E-state index contributed by atoms with van der Waals surface area (Å²) in [5.41, 5.74) is 3.67. The van der Waals surface area contributed by atoms with Gasteiger partial charge in [0, 0.05) is 24.5 Å². The number of amides is 1. The molecule has 0 radical (unpaired) electrons. The zero-order chi connectivity index (χ0) is 22.3. The molecule has 158 valence electrons. The van der Waals surface area contributed by atoms with Crippen LogP contribution in [0, 0.1) is 11.3 Å². The molecule has 2 aromatic carbocycles. The molecular formula is C24H21N7O. The summed E-state index contributed by atoms with van der Waals surface area (Å²) in [7, 11) is 1.93. The Balaban J connectivity index is 1.43. The summed E-state index contributed by atoms with van der Waals surface area (Å²) >= 11 is 0. The van der Waals surface area contributed by atoms with Gasteiger partial charge >= 0.3 is 0 Å². The van der Waals surface area contributed by atoms with E-state index in [1.807, 2.05) is 54.1 Å². The van der Waals surface area contributed by atoms with Crippen LogP contribution >= 0.6 is 0 Å². The van der Waals surface area contributed by atoms with Gasteiger partial charge in [-0.3, -0.25) is 4.79 Å². The van der Waals surface area contributed by atoms with Crippen molar-refractivity contribution in [3.8, 4) is 17.5 Å². The predicted octanol–water partition coefficient (Wildman–Crippen LogP) is 3.48. The van der Waals surface area contributed by atoms with E-state index >= 15 is 0 Å². The van der Waals surface area contributed by atoms with Crippen LogP contribution in [-0.4, -0.2) is 25.4 Å². The van der Waals surface area contributed by atoms with Gasteiger partial charge < -0.3 is 15.2 Å². The third-order valence-electron chi connectivity index (χ3n) is 5.04. The molecule has 0 spiro atoms. The van der Waals surface area contributed by atoms with Crippen molar-refractivity contribution >= 4 is 11.6 Å². The van der Waals surface area contributed by atoms with Gasteiger partial charge in [0.2, 0.25) is 0 Å². The standard InChI is InChI=1S/C24H21N7O/c1-31-22(20-10-11-26-16-29-20)14-28-23(31)15-27-19-9-5-8-18(12-19)24(32)30-21(13-25)17-6-3-2-4-7-17/h2-12,14,16,21,27H,15H2,1H3,(H,30,32)/t21-/m1/s1. The Morgan fingerprint density at radius 1 is 1.12 bits per heavy atom. The number of benzene rings is 2. The third-order valence-corrected chi connectivity index (χ3v) is 5.04. The number of nitrogens with one attached hydrogen (secondary N) is 2. The lowest BCUT2D eigenvalue weighted by Gasteiger charge is -2.13. The van der Waals surface area contributed by atoms with Crippen molar-refractivity contribution in [2.45, 2.75) is 12.6 Å². The number of anilines is 1. The first-order valence-electron chi connectivity index (χ1n) is 10.0. The molecular weight excluding hydrogens is 402 g/mol. The van der Waals surface area contributed by atoms with Gasteiger partial charge in [-0.05, 0) is 29.8 Å². The van der Waals surface area contributed by atoms with E-state index in [9.17, 15) is 10.1 Å². The highest BCUT2D eigenvalue weighted by Crippen LogP contribution is 2.18. The lowest BCUT2D eigenvalue weighted by atomic mass is 10.1. The van der Waals surface area contributed by atoms with Crippen LogP contribution in [0.25, 0.3) is 11.4 Å². The SMILES string of the molecule is Cn1c(-c2ccncn2)cnc1CNc1cccc(C(=O)N[C@H](C#N)c2ccccc2)c1. The molecule has 0 aliphatic rings. The molecule has 32 heavy (non-hydrogen) atoms.